The molecule has 0 saturated carbocycles. The third kappa shape index (κ3) is 6.75. The van der Waals surface area contributed by atoms with Crippen molar-refractivity contribution in [1.29, 1.82) is 0 Å². The van der Waals surface area contributed by atoms with Gasteiger partial charge in [0, 0.05) is 56.2 Å². The molecule has 47 heavy (non-hydrogen) atoms. The van der Waals surface area contributed by atoms with Gasteiger partial charge in [-0.25, -0.2) is 14.5 Å². The molecule has 7 heterocycles. The highest BCUT2D eigenvalue weighted by Crippen LogP contribution is 2.34. The Bertz CT molecular complexity index is 1830. The van der Waals surface area contributed by atoms with E-state index in [1.807, 2.05) is 36.0 Å². The number of carbonyl (C=O) groups excluding carboxylic acids is 1. The van der Waals surface area contributed by atoms with E-state index in [9.17, 15) is 4.79 Å². The van der Waals surface area contributed by atoms with Crippen LogP contribution in [0.15, 0.2) is 55.1 Å². The summed E-state index contributed by atoms with van der Waals surface area (Å²) in [4.78, 5) is 27.1. The van der Waals surface area contributed by atoms with E-state index in [1.165, 1.54) is 0 Å². The minimum Gasteiger partial charge on any atom is -0.492 e. The predicted molar refractivity (Wildman–Crippen MR) is 178 cm³/mol. The maximum absolute atomic E-state index is 13.4. The first-order valence-electron chi connectivity index (χ1n) is 16.0. The van der Waals surface area contributed by atoms with Gasteiger partial charge in [0.1, 0.15) is 17.3 Å². The summed E-state index contributed by atoms with van der Waals surface area (Å²) in [6.45, 7) is 9.00. The summed E-state index contributed by atoms with van der Waals surface area (Å²) < 4.78 is 19.4. The zero-order chi connectivity index (χ0) is 32.2. The number of hydrogen-bond acceptors (Lipinski definition) is 10. The third-order valence-electron chi connectivity index (χ3n) is 8.90. The lowest BCUT2D eigenvalue weighted by atomic mass is 9.87. The second kappa shape index (κ2) is 13.8. The van der Waals surface area contributed by atoms with Crippen LogP contribution in [0.25, 0.3) is 27.7 Å². The number of amides is 1. The fourth-order valence-corrected chi connectivity index (χ4v) is 6.55. The van der Waals surface area contributed by atoms with Crippen LogP contribution in [-0.4, -0.2) is 112 Å². The molecule has 5 aromatic rings. The first-order valence-corrected chi connectivity index (χ1v) is 16.4. The Hall–Kier alpha value is -4.30. The molecule has 0 aliphatic carbocycles. The Balaban J connectivity index is 1.07. The van der Waals surface area contributed by atoms with Crippen molar-refractivity contribution in [1.82, 2.24) is 40.0 Å². The summed E-state index contributed by atoms with van der Waals surface area (Å²) in [5.41, 5.74) is 3.21. The number of morpholine rings is 1. The van der Waals surface area contributed by atoms with Crippen molar-refractivity contribution in [3.8, 4) is 16.9 Å². The largest absolute Gasteiger partial charge is 0.492 e. The van der Waals surface area contributed by atoms with Crippen LogP contribution in [0.4, 0.5) is 5.82 Å². The molecule has 2 fully saturated rings. The zero-order valence-electron chi connectivity index (χ0n) is 26.3. The standard InChI is InChI=1S/C33H38ClN9O4/c1-2-47-24-18-25(30-26-20-37-39-31(26)40-43(30)21-24)23-5-6-28(36-19-23)42-10-7-33(8-11-42,22-46-17-14-41-12-15-45-16-13-41)38-32(44)29-27(34)4-3-9-35-29/h3-6,9,18-21H,2,7-8,10-17,22H2,1H3,(H,38,44)(H,39,40). The monoisotopic (exact) mass is 659 g/mol. The second-order valence-corrected chi connectivity index (χ2v) is 12.3. The molecule has 2 aliphatic heterocycles. The van der Waals surface area contributed by atoms with Crippen LogP contribution < -0.4 is 15.0 Å². The Morgan fingerprint density at radius 3 is 2.74 bits per heavy atom. The number of pyridine rings is 3. The molecule has 0 unspecified atom stereocenters. The molecule has 7 rings (SSSR count). The number of piperidine rings is 1. The van der Waals surface area contributed by atoms with Crippen molar-refractivity contribution >= 4 is 39.9 Å². The van der Waals surface area contributed by atoms with Gasteiger partial charge in [-0.15, -0.1) is 5.10 Å². The molecule has 5 aromatic heterocycles. The van der Waals surface area contributed by atoms with Crippen molar-refractivity contribution in [3.63, 3.8) is 0 Å². The molecule has 2 saturated heterocycles. The smallest absolute Gasteiger partial charge is 0.271 e. The average Bonchev–Trinajstić information content (AvgIpc) is 3.69. The number of ether oxygens (including phenoxy) is 3. The lowest BCUT2D eigenvalue weighted by molar-refractivity contribution is 0.00669. The first-order chi connectivity index (χ1) is 23.0. The number of H-pyrrole nitrogens is 1. The molecule has 14 heteroatoms. The number of rotatable bonds is 11. The van der Waals surface area contributed by atoms with Gasteiger partial charge in [0.25, 0.3) is 5.91 Å². The van der Waals surface area contributed by atoms with Gasteiger partial charge in [0.05, 0.1) is 66.9 Å². The van der Waals surface area contributed by atoms with Gasteiger partial charge in [-0.1, -0.05) is 11.6 Å². The van der Waals surface area contributed by atoms with Crippen LogP contribution in [-0.2, 0) is 9.47 Å². The highest BCUT2D eigenvalue weighted by molar-refractivity contribution is 6.33. The number of anilines is 1. The SMILES string of the molecule is CCOc1cc(-c2ccc(N3CCC(COCCN4CCOCC4)(NC(=O)c4ncccc4Cl)CC3)nc2)c2c3cn[nH]c3nn2c1. The van der Waals surface area contributed by atoms with Crippen molar-refractivity contribution in [2.45, 2.75) is 25.3 Å². The summed E-state index contributed by atoms with van der Waals surface area (Å²) in [5.74, 6) is 1.30. The molecule has 0 radical (unpaired) electrons. The van der Waals surface area contributed by atoms with E-state index < -0.39 is 5.54 Å². The summed E-state index contributed by atoms with van der Waals surface area (Å²) in [7, 11) is 0. The van der Waals surface area contributed by atoms with Crippen LogP contribution in [0.2, 0.25) is 5.02 Å². The number of nitrogens with zero attached hydrogens (tertiary/aromatic N) is 7. The summed E-state index contributed by atoms with van der Waals surface area (Å²) in [6.07, 6.45) is 8.49. The van der Waals surface area contributed by atoms with Gasteiger partial charge in [-0.3, -0.25) is 14.8 Å². The van der Waals surface area contributed by atoms with Crippen LogP contribution >= 0.6 is 11.6 Å². The second-order valence-electron chi connectivity index (χ2n) is 11.9. The molecule has 0 bridgehead atoms. The molecule has 1 amide bonds. The highest BCUT2D eigenvalue weighted by atomic mass is 35.5. The van der Waals surface area contributed by atoms with E-state index in [4.69, 9.17) is 30.8 Å². The molecule has 2 aliphatic rings. The molecular formula is C33H38ClN9O4. The van der Waals surface area contributed by atoms with E-state index in [2.05, 4.69) is 41.5 Å². The van der Waals surface area contributed by atoms with Crippen LogP contribution in [0.3, 0.4) is 0 Å². The fourth-order valence-electron chi connectivity index (χ4n) is 6.35. The van der Waals surface area contributed by atoms with Gasteiger partial charge in [0.2, 0.25) is 0 Å². The Morgan fingerprint density at radius 1 is 1.13 bits per heavy atom. The van der Waals surface area contributed by atoms with Gasteiger partial charge in [-0.2, -0.15) is 5.10 Å². The number of hydrogen-bond donors (Lipinski definition) is 2. The number of aromatic amines is 1. The summed E-state index contributed by atoms with van der Waals surface area (Å²) in [6, 6.07) is 9.53. The Labute approximate surface area is 277 Å². The topological polar surface area (TPSA) is 135 Å². The fraction of sp³-hybridized carbons (Fsp3) is 0.424. The van der Waals surface area contributed by atoms with E-state index >= 15 is 0 Å². The van der Waals surface area contributed by atoms with Crippen molar-refractivity contribution < 1.29 is 19.0 Å². The number of fused-ring (bicyclic) bond motifs is 3. The van der Waals surface area contributed by atoms with Crippen molar-refractivity contribution in [3.05, 3.63) is 65.8 Å². The van der Waals surface area contributed by atoms with Crippen LogP contribution in [0.5, 0.6) is 5.75 Å². The molecule has 2 N–H and O–H groups in total. The number of nitrogens with one attached hydrogen (secondary N) is 2. The molecule has 0 aromatic carbocycles. The van der Waals surface area contributed by atoms with Gasteiger partial charge >= 0.3 is 0 Å². The molecule has 0 atom stereocenters. The molecule has 0 spiro atoms. The molecule has 246 valence electrons. The highest BCUT2D eigenvalue weighted by Gasteiger charge is 2.37. The lowest BCUT2D eigenvalue weighted by Gasteiger charge is -2.42. The maximum Gasteiger partial charge on any atom is 0.271 e. The first kappa shape index (κ1) is 31.3. The molecule has 13 nitrogen and oxygen atoms in total. The van der Waals surface area contributed by atoms with E-state index in [-0.39, 0.29) is 11.6 Å². The summed E-state index contributed by atoms with van der Waals surface area (Å²) in [5, 5.41) is 16.3. The zero-order valence-corrected chi connectivity index (χ0v) is 27.1. The van der Waals surface area contributed by atoms with Crippen LogP contribution in [0, 0.1) is 0 Å². The van der Waals surface area contributed by atoms with Gasteiger partial charge in [0.15, 0.2) is 5.65 Å². The maximum atomic E-state index is 13.4. The minimum atomic E-state index is -0.567. The van der Waals surface area contributed by atoms with E-state index in [0.717, 1.165) is 66.4 Å². The van der Waals surface area contributed by atoms with Crippen molar-refractivity contribution in [2.75, 3.05) is 70.7 Å². The normalized spacial score (nSPS) is 16.9. The van der Waals surface area contributed by atoms with Crippen LogP contribution in [0.1, 0.15) is 30.3 Å². The molecular weight excluding hydrogens is 622 g/mol. The van der Waals surface area contributed by atoms with Crippen molar-refractivity contribution in [2.24, 2.45) is 0 Å². The number of aromatic nitrogens is 6. The summed E-state index contributed by atoms with van der Waals surface area (Å²) >= 11 is 6.32. The number of halogens is 1. The van der Waals surface area contributed by atoms with E-state index in [1.54, 1.807) is 24.5 Å². The average molecular weight is 660 g/mol. The predicted octanol–water partition coefficient (Wildman–Crippen LogP) is 3.84. The quantitative estimate of drug-likeness (QED) is 0.201. The number of carbonyl (C=O) groups is 1. The third-order valence-corrected chi connectivity index (χ3v) is 9.21. The van der Waals surface area contributed by atoms with E-state index in [0.29, 0.717) is 56.4 Å². The Morgan fingerprint density at radius 2 is 1.98 bits per heavy atom. The Kier molecular flexibility index (Phi) is 9.21. The van der Waals surface area contributed by atoms with Gasteiger partial charge < -0.3 is 24.4 Å². The minimum absolute atomic E-state index is 0.218. The van der Waals surface area contributed by atoms with Gasteiger partial charge in [-0.05, 0) is 50.1 Å². The lowest BCUT2D eigenvalue weighted by Crippen LogP contribution is -2.58.